The second-order valence-electron chi connectivity index (χ2n) is 9.07. The molecule has 0 N–H and O–H groups in total. The normalized spacial score (nSPS) is 21.1. The van der Waals surface area contributed by atoms with Crippen molar-refractivity contribution >= 4 is 5.91 Å². The molecule has 0 spiro atoms. The third-order valence-corrected chi connectivity index (χ3v) is 6.76. The van der Waals surface area contributed by atoms with Crippen LogP contribution < -0.4 is 4.74 Å². The number of hydrogen-bond donors (Lipinski definition) is 0. The summed E-state index contributed by atoms with van der Waals surface area (Å²) in [5.41, 5.74) is 1.35. The topological polar surface area (TPSA) is 63.5 Å². The van der Waals surface area contributed by atoms with Crippen LogP contribution in [0.1, 0.15) is 56.9 Å². The number of fused-ring (bicyclic) bond motifs is 3. The van der Waals surface area contributed by atoms with Crippen LogP contribution >= 0.6 is 0 Å². The number of amides is 1. The highest BCUT2D eigenvalue weighted by molar-refractivity contribution is 5.76. The first-order valence-corrected chi connectivity index (χ1v) is 12.3. The van der Waals surface area contributed by atoms with Gasteiger partial charge in [-0.2, -0.15) is 5.10 Å². The van der Waals surface area contributed by atoms with E-state index < -0.39 is 0 Å². The van der Waals surface area contributed by atoms with Gasteiger partial charge in [-0.15, -0.1) is 0 Å². The van der Waals surface area contributed by atoms with Crippen molar-refractivity contribution in [3.05, 3.63) is 42.5 Å². The van der Waals surface area contributed by atoms with Crippen molar-refractivity contribution in [2.45, 2.75) is 70.4 Å². The fraction of sp³-hybridized carbons (Fsp3) is 0.640. The Labute approximate surface area is 191 Å². The van der Waals surface area contributed by atoms with Crippen LogP contribution in [0.2, 0.25) is 0 Å². The van der Waals surface area contributed by atoms with Crippen molar-refractivity contribution in [3.8, 4) is 5.75 Å². The molecule has 1 atom stereocenters. The van der Waals surface area contributed by atoms with Gasteiger partial charge >= 0.3 is 0 Å². The predicted octanol–water partition coefficient (Wildman–Crippen LogP) is 3.55. The predicted molar refractivity (Wildman–Crippen MR) is 125 cm³/mol. The Morgan fingerprint density at radius 3 is 2.81 bits per heavy atom. The van der Waals surface area contributed by atoms with Crippen LogP contribution in [0.3, 0.4) is 0 Å². The summed E-state index contributed by atoms with van der Waals surface area (Å²) in [5, 5.41) is 4.12. The van der Waals surface area contributed by atoms with Crippen LogP contribution in [0, 0.1) is 0 Å². The summed E-state index contributed by atoms with van der Waals surface area (Å²) >= 11 is 0. The molecule has 7 heteroatoms. The van der Waals surface area contributed by atoms with Gasteiger partial charge in [-0.05, 0) is 75.7 Å². The van der Waals surface area contributed by atoms with Gasteiger partial charge in [0, 0.05) is 25.6 Å². The van der Waals surface area contributed by atoms with E-state index >= 15 is 0 Å². The number of aryl methyl sites for hydroxylation is 2. The van der Waals surface area contributed by atoms with Gasteiger partial charge in [0.25, 0.3) is 0 Å². The van der Waals surface area contributed by atoms with Gasteiger partial charge in [-0.3, -0.25) is 9.48 Å². The maximum absolute atomic E-state index is 12.9. The van der Waals surface area contributed by atoms with E-state index in [-0.39, 0.29) is 5.91 Å². The number of hydrogen-bond acceptors (Lipinski definition) is 5. The van der Waals surface area contributed by atoms with E-state index in [1.54, 1.807) is 11.0 Å². The summed E-state index contributed by atoms with van der Waals surface area (Å²) < 4.78 is 7.83. The first-order valence-electron chi connectivity index (χ1n) is 12.3. The molecule has 1 aromatic carbocycles. The fourth-order valence-corrected chi connectivity index (χ4v) is 4.96. The van der Waals surface area contributed by atoms with Crippen LogP contribution in [-0.4, -0.2) is 69.3 Å². The van der Waals surface area contributed by atoms with Crippen LogP contribution in [0.4, 0.5) is 0 Å². The van der Waals surface area contributed by atoms with Crippen LogP contribution in [-0.2, 0) is 17.8 Å². The van der Waals surface area contributed by atoms with Gasteiger partial charge in [0.05, 0.1) is 6.54 Å². The average Bonchev–Trinajstić information content (AvgIpc) is 3.33. The lowest BCUT2D eigenvalue weighted by atomic mass is 9.95. The summed E-state index contributed by atoms with van der Waals surface area (Å²) in [4.78, 5) is 21.6. The number of piperidine rings is 1. The second-order valence-corrected chi connectivity index (χ2v) is 9.07. The van der Waals surface area contributed by atoms with Crippen molar-refractivity contribution in [2.75, 3.05) is 32.8 Å². The molecule has 7 nitrogen and oxygen atoms in total. The quantitative estimate of drug-likeness (QED) is 0.729. The molecule has 2 aromatic rings. The number of aromatic nitrogens is 3. The largest absolute Gasteiger partial charge is 0.492 e. The Morgan fingerprint density at radius 1 is 1.06 bits per heavy atom. The van der Waals surface area contributed by atoms with E-state index in [0.717, 1.165) is 51.1 Å². The summed E-state index contributed by atoms with van der Waals surface area (Å²) in [7, 11) is 0. The minimum atomic E-state index is 0.211. The van der Waals surface area contributed by atoms with Gasteiger partial charge in [0.1, 0.15) is 25.0 Å². The molecule has 1 unspecified atom stereocenters. The standard InChI is InChI=1S/C25H37N5O2/c31-25(10-6-16-30-21-26-20-27-30)29-15-4-3-14-28-13-2-1-8-23(28)12-11-22-7-5-9-24(19-22)32-18-17-29/h5,7,9,19-21,23H,1-4,6,8,10-18H2. The average molecular weight is 440 g/mol. The molecule has 0 radical (unpaired) electrons. The summed E-state index contributed by atoms with van der Waals surface area (Å²) in [6.07, 6.45) is 13.0. The van der Waals surface area contributed by atoms with Crippen LogP contribution in [0.25, 0.3) is 0 Å². The second kappa shape index (κ2) is 12.0. The first-order chi connectivity index (χ1) is 15.8. The van der Waals surface area contributed by atoms with E-state index in [9.17, 15) is 4.79 Å². The summed E-state index contributed by atoms with van der Waals surface area (Å²) in [6, 6.07) is 9.20. The number of rotatable bonds is 4. The van der Waals surface area contributed by atoms with E-state index in [2.05, 4.69) is 33.2 Å². The number of ether oxygens (including phenoxy) is 1. The van der Waals surface area contributed by atoms with Gasteiger partial charge in [0.15, 0.2) is 0 Å². The monoisotopic (exact) mass is 439 g/mol. The maximum atomic E-state index is 12.9. The third kappa shape index (κ3) is 6.79. The number of carbonyl (C=O) groups excluding carboxylic acids is 1. The third-order valence-electron chi connectivity index (χ3n) is 6.76. The van der Waals surface area contributed by atoms with Crippen molar-refractivity contribution in [2.24, 2.45) is 0 Å². The van der Waals surface area contributed by atoms with Crippen LogP contribution in [0.15, 0.2) is 36.9 Å². The molecule has 2 aliphatic rings. The number of nitrogens with zero attached hydrogens (tertiary/aromatic N) is 5. The van der Waals surface area contributed by atoms with Crippen molar-refractivity contribution in [1.82, 2.24) is 24.6 Å². The molecule has 4 rings (SSSR count). The highest BCUT2D eigenvalue weighted by atomic mass is 16.5. The van der Waals surface area contributed by atoms with E-state index in [1.807, 2.05) is 11.0 Å². The molecule has 1 fully saturated rings. The zero-order chi connectivity index (χ0) is 22.0. The fourth-order valence-electron chi connectivity index (χ4n) is 4.96. The Kier molecular flexibility index (Phi) is 8.54. The Hall–Kier alpha value is -2.41. The molecule has 2 bridgehead atoms. The van der Waals surface area contributed by atoms with Gasteiger partial charge in [-0.1, -0.05) is 18.6 Å². The van der Waals surface area contributed by atoms with E-state index in [4.69, 9.17) is 4.74 Å². The zero-order valence-electron chi connectivity index (χ0n) is 19.2. The number of carbonyl (C=O) groups is 1. The maximum Gasteiger partial charge on any atom is 0.222 e. The molecule has 32 heavy (non-hydrogen) atoms. The van der Waals surface area contributed by atoms with Crippen molar-refractivity contribution < 1.29 is 9.53 Å². The van der Waals surface area contributed by atoms with Gasteiger partial charge < -0.3 is 14.5 Å². The lowest BCUT2D eigenvalue weighted by molar-refractivity contribution is -0.131. The molecule has 1 saturated heterocycles. The number of benzene rings is 1. The Bertz CT molecular complexity index is 825. The molecule has 2 aliphatic heterocycles. The highest BCUT2D eigenvalue weighted by Gasteiger charge is 2.22. The van der Waals surface area contributed by atoms with Gasteiger partial charge in [-0.25, -0.2) is 4.98 Å². The van der Waals surface area contributed by atoms with Crippen molar-refractivity contribution in [3.63, 3.8) is 0 Å². The SMILES string of the molecule is O=C(CCCn1cncn1)N1CCCCN2CCCCC2CCc2cccc(c2)OCC1. The molecule has 1 aromatic heterocycles. The molecular weight excluding hydrogens is 402 g/mol. The summed E-state index contributed by atoms with van der Waals surface area (Å²) in [6.45, 7) is 5.07. The molecule has 174 valence electrons. The van der Waals surface area contributed by atoms with Crippen LogP contribution in [0.5, 0.6) is 5.75 Å². The van der Waals surface area contributed by atoms with E-state index in [0.29, 0.717) is 25.6 Å². The van der Waals surface area contributed by atoms with Gasteiger partial charge in [0.2, 0.25) is 5.91 Å². The minimum absolute atomic E-state index is 0.211. The van der Waals surface area contributed by atoms with E-state index in [1.165, 1.54) is 44.1 Å². The summed E-state index contributed by atoms with van der Waals surface area (Å²) in [5.74, 6) is 1.12. The Balaban J connectivity index is 1.36. The smallest absolute Gasteiger partial charge is 0.222 e. The minimum Gasteiger partial charge on any atom is -0.492 e. The zero-order valence-corrected chi connectivity index (χ0v) is 19.2. The first kappa shape index (κ1) is 22.8. The highest BCUT2D eigenvalue weighted by Crippen LogP contribution is 2.23. The molecule has 0 saturated carbocycles. The Morgan fingerprint density at radius 2 is 1.94 bits per heavy atom. The van der Waals surface area contributed by atoms with Crippen molar-refractivity contribution in [1.29, 1.82) is 0 Å². The lowest BCUT2D eigenvalue weighted by Crippen LogP contribution is -2.40. The molecule has 3 heterocycles. The molecular formula is C25H37N5O2. The lowest BCUT2D eigenvalue weighted by Gasteiger charge is -2.36. The molecule has 0 aliphatic carbocycles. The molecule has 1 amide bonds.